The molecule has 0 amide bonds. The van der Waals surface area contributed by atoms with Gasteiger partial charge in [-0.3, -0.25) is 0 Å². The third kappa shape index (κ3) is 4.10. The van der Waals surface area contributed by atoms with Crippen LogP contribution in [0.5, 0.6) is 0 Å². The van der Waals surface area contributed by atoms with Crippen molar-refractivity contribution in [3.05, 3.63) is 0 Å². The van der Waals surface area contributed by atoms with E-state index in [0.717, 1.165) is 19.0 Å². The van der Waals surface area contributed by atoms with E-state index in [4.69, 9.17) is 5.73 Å². The molecule has 0 heterocycles. The lowest BCUT2D eigenvalue weighted by Crippen LogP contribution is -2.47. The Morgan fingerprint density at radius 1 is 1.23 bits per heavy atom. The van der Waals surface area contributed by atoms with Gasteiger partial charge >= 0.3 is 0 Å². The minimum Gasteiger partial charge on any atom is -0.329 e. The highest BCUT2D eigenvalue weighted by atomic mass is 15.0. The van der Waals surface area contributed by atoms with Gasteiger partial charge < -0.3 is 11.1 Å². The van der Waals surface area contributed by atoms with Crippen molar-refractivity contribution in [1.29, 1.82) is 0 Å². The van der Waals surface area contributed by atoms with Crippen molar-refractivity contribution in [1.82, 2.24) is 5.32 Å². The highest BCUT2D eigenvalue weighted by Gasteiger charge is 2.18. The molecule has 0 aromatic heterocycles. The summed E-state index contributed by atoms with van der Waals surface area (Å²) in [4.78, 5) is 0. The van der Waals surface area contributed by atoms with Crippen molar-refractivity contribution in [2.24, 2.45) is 11.7 Å². The van der Waals surface area contributed by atoms with Crippen molar-refractivity contribution >= 4 is 0 Å². The first kappa shape index (κ1) is 11.0. The minimum absolute atomic E-state index is 0.122. The normalized spacial score (nSPS) is 20.5. The first-order valence-electron chi connectivity index (χ1n) is 5.59. The van der Waals surface area contributed by atoms with Gasteiger partial charge in [-0.25, -0.2) is 0 Å². The molecule has 78 valence electrons. The van der Waals surface area contributed by atoms with E-state index in [1.807, 2.05) is 0 Å². The van der Waals surface area contributed by atoms with E-state index < -0.39 is 0 Å². The highest BCUT2D eigenvalue weighted by Crippen LogP contribution is 2.23. The lowest BCUT2D eigenvalue weighted by Gasteiger charge is -2.29. The van der Waals surface area contributed by atoms with Gasteiger partial charge in [-0.15, -0.1) is 0 Å². The molecule has 1 rings (SSSR count). The second kappa shape index (κ2) is 4.97. The number of rotatable bonds is 4. The van der Waals surface area contributed by atoms with Crippen molar-refractivity contribution in [3.8, 4) is 0 Å². The largest absolute Gasteiger partial charge is 0.329 e. The van der Waals surface area contributed by atoms with Gasteiger partial charge in [0.25, 0.3) is 0 Å². The summed E-state index contributed by atoms with van der Waals surface area (Å²) in [6.07, 6.45) is 7.11. The molecule has 0 unspecified atom stereocenters. The quantitative estimate of drug-likeness (QED) is 0.700. The molecule has 3 N–H and O–H groups in total. The summed E-state index contributed by atoms with van der Waals surface area (Å²) in [5.41, 5.74) is 5.78. The molecule has 13 heavy (non-hydrogen) atoms. The van der Waals surface area contributed by atoms with Gasteiger partial charge in [0.15, 0.2) is 0 Å². The summed E-state index contributed by atoms with van der Waals surface area (Å²) in [6.45, 7) is 6.23. The van der Waals surface area contributed by atoms with Crippen LogP contribution in [0, 0.1) is 5.92 Å². The first-order chi connectivity index (χ1) is 6.14. The fraction of sp³-hybridized carbons (Fsp3) is 1.00. The maximum Gasteiger partial charge on any atom is 0.0247 e. The van der Waals surface area contributed by atoms with Crippen LogP contribution in [0.25, 0.3) is 0 Å². The topological polar surface area (TPSA) is 38.0 Å². The summed E-state index contributed by atoms with van der Waals surface area (Å²) in [7, 11) is 0. The molecular formula is C11H24N2. The van der Waals surface area contributed by atoms with Crippen molar-refractivity contribution in [2.75, 3.05) is 13.1 Å². The SMILES string of the molecule is CC(C)(CN)NCC1CCCCC1. The number of hydrogen-bond acceptors (Lipinski definition) is 2. The fourth-order valence-corrected chi connectivity index (χ4v) is 1.88. The van der Waals surface area contributed by atoms with Gasteiger partial charge in [-0.05, 0) is 39.2 Å². The van der Waals surface area contributed by atoms with Crippen LogP contribution in [0.15, 0.2) is 0 Å². The van der Waals surface area contributed by atoms with Crippen LogP contribution < -0.4 is 11.1 Å². The monoisotopic (exact) mass is 184 g/mol. The van der Waals surface area contributed by atoms with Crippen LogP contribution in [0.1, 0.15) is 46.0 Å². The Hall–Kier alpha value is -0.0800. The summed E-state index contributed by atoms with van der Waals surface area (Å²) >= 11 is 0. The van der Waals surface area contributed by atoms with Crippen LogP contribution in [0.4, 0.5) is 0 Å². The Morgan fingerprint density at radius 3 is 2.38 bits per heavy atom. The summed E-state index contributed by atoms with van der Waals surface area (Å²) in [5.74, 6) is 0.902. The predicted octanol–water partition coefficient (Wildman–Crippen LogP) is 1.89. The molecule has 2 nitrogen and oxygen atoms in total. The number of nitrogens with two attached hydrogens (primary N) is 1. The van der Waals surface area contributed by atoms with E-state index in [0.29, 0.717) is 0 Å². The van der Waals surface area contributed by atoms with Gasteiger partial charge in [0, 0.05) is 12.1 Å². The Bertz CT molecular complexity index is 137. The second-order valence-electron chi connectivity index (χ2n) is 4.97. The smallest absolute Gasteiger partial charge is 0.0247 e. The van der Waals surface area contributed by atoms with Crippen molar-refractivity contribution < 1.29 is 0 Å². The Kier molecular flexibility index (Phi) is 4.20. The van der Waals surface area contributed by atoms with E-state index in [2.05, 4.69) is 19.2 Å². The Balaban J connectivity index is 2.17. The van der Waals surface area contributed by atoms with Crippen LogP contribution in [0.2, 0.25) is 0 Å². The molecule has 0 aromatic carbocycles. The molecule has 0 spiro atoms. The van der Waals surface area contributed by atoms with Crippen LogP contribution in [-0.2, 0) is 0 Å². The third-order valence-electron chi connectivity index (χ3n) is 3.10. The molecule has 1 saturated carbocycles. The van der Waals surface area contributed by atoms with Crippen molar-refractivity contribution in [2.45, 2.75) is 51.5 Å². The Morgan fingerprint density at radius 2 is 1.85 bits per heavy atom. The molecule has 1 aliphatic carbocycles. The fourth-order valence-electron chi connectivity index (χ4n) is 1.88. The number of nitrogens with one attached hydrogen (secondary N) is 1. The molecule has 0 radical (unpaired) electrons. The van der Waals surface area contributed by atoms with E-state index >= 15 is 0 Å². The molecule has 1 aliphatic rings. The minimum atomic E-state index is 0.122. The average molecular weight is 184 g/mol. The average Bonchev–Trinajstić information content (AvgIpc) is 2.17. The van der Waals surface area contributed by atoms with Crippen LogP contribution in [0.3, 0.4) is 0 Å². The van der Waals surface area contributed by atoms with Crippen molar-refractivity contribution in [3.63, 3.8) is 0 Å². The molecule has 0 aliphatic heterocycles. The summed E-state index contributed by atoms with van der Waals surface area (Å²) in [5, 5.41) is 3.55. The summed E-state index contributed by atoms with van der Waals surface area (Å²) in [6, 6.07) is 0. The zero-order chi connectivity index (χ0) is 9.73. The van der Waals surface area contributed by atoms with Crippen LogP contribution in [-0.4, -0.2) is 18.6 Å². The number of hydrogen-bond donors (Lipinski definition) is 2. The van der Waals surface area contributed by atoms with Crippen LogP contribution >= 0.6 is 0 Å². The molecule has 0 atom stereocenters. The first-order valence-corrected chi connectivity index (χ1v) is 5.59. The molecule has 0 aromatic rings. The van der Waals surface area contributed by atoms with E-state index in [-0.39, 0.29) is 5.54 Å². The van der Waals surface area contributed by atoms with Gasteiger partial charge in [-0.1, -0.05) is 19.3 Å². The third-order valence-corrected chi connectivity index (χ3v) is 3.10. The molecule has 0 bridgehead atoms. The predicted molar refractivity (Wildman–Crippen MR) is 57.7 cm³/mol. The molecule has 2 heteroatoms. The highest BCUT2D eigenvalue weighted by molar-refractivity contribution is 4.80. The lowest BCUT2D eigenvalue weighted by molar-refractivity contribution is 0.297. The molecular weight excluding hydrogens is 160 g/mol. The zero-order valence-electron chi connectivity index (χ0n) is 9.10. The molecule has 0 saturated heterocycles. The second-order valence-corrected chi connectivity index (χ2v) is 4.97. The van der Waals surface area contributed by atoms with E-state index in [9.17, 15) is 0 Å². The van der Waals surface area contributed by atoms with E-state index in [1.54, 1.807) is 0 Å². The van der Waals surface area contributed by atoms with Gasteiger partial charge in [0.1, 0.15) is 0 Å². The zero-order valence-corrected chi connectivity index (χ0v) is 9.10. The standard InChI is InChI=1S/C11H24N2/c1-11(2,9-12)13-8-10-6-4-3-5-7-10/h10,13H,3-9,12H2,1-2H3. The maximum absolute atomic E-state index is 5.66. The van der Waals surface area contributed by atoms with Gasteiger partial charge in [0.05, 0.1) is 0 Å². The Labute approximate surface area is 82.3 Å². The summed E-state index contributed by atoms with van der Waals surface area (Å²) < 4.78 is 0. The lowest BCUT2D eigenvalue weighted by atomic mass is 9.88. The molecule has 1 fully saturated rings. The van der Waals surface area contributed by atoms with E-state index in [1.165, 1.54) is 32.1 Å². The van der Waals surface area contributed by atoms with Gasteiger partial charge in [-0.2, -0.15) is 0 Å². The maximum atomic E-state index is 5.66. The van der Waals surface area contributed by atoms with Gasteiger partial charge in [0.2, 0.25) is 0 Å².